The van der Waals surface area contributed by atoms with Gasteiger partial charge in [-0.05, 0) is 19.8 Å². The van der Waals surface area contributed by atoms with E-state index in [-0.39, 0.29) is 23.1 Å². The molecule has 0 unspecified atom stereocenters. The molecular weight excluding hydrogens is 258 g/mol. The Morgan fingerprint density at radius 1 is 1.70 bits per heavy atom. The van der Waals surface area contributed by atoms with E-state index < -0.39 is 11.5 Å². The Hall–Kier alpha value is -2.33. The fourth-order valence-corrected chi connectivity index (χ4v) is 2.80. The predicted molar refractivity (Wildman–Crippen MR) is 73.8 cm³/mol. The van der Waals surface area contributed by atoms with Crippen LogP contribution in [-0.4, -0.2) is 30.7 Å². The molecule has 3 atom stereocenters. The van der Waals surface area contributed by atoms with Crippen molar-refractivity contribution in [2.45, 2.75) is 31.9 Å². The lowest BCUT2D eigenvalue weighted by atomic mass is 9.88. The first-order valence-electron chi connectivity index (χ1n) is 6.33. The third kappa shape index (κ3) is 1.69. The highest BCUT2D eigenvalue weighted by Crippen LogP contribution is 2.44. The van der Waals surface area contributed by atoms with Crippen LogP contribution in [0.2, 0.25) is 0 Å². The minimum absolute atomic E-state index is 0.0440. The van der Waals surface area contributed by atoms with E-state index in [1.165, 1.54) is 0 Å². The van der Waals surface area contributed by atoms with Gasteiger partial charge in [0.1, 0.15) is 0 Å². The van der Waals surface area contributed by atoms with Gasteiger partial charge >= 0.3 is 0 Å². The third-order valence-corrected chi connectivity index (χ3v) is 4.06. The number of imidazole rings is 1. The van der Waals surface area contributed by atoms with E-state index in [0.717, 1.165) is 0 Å². The lowest BCUT2D eigenvalue weighted by Gasteiger charge is -2.20. The number of hydrogen-bond acceptors (Lipinski definition) is 5. The Morgan fingerprint density at radius 2 is 2.45 bits per heavy atom. The van der Waals surface area contributed by atoms with Crippen LogP contribution in [0.4, 0.5) is 5.95 Å². The SMILES string of the molecule is C#C[C@]1(C)C[C@@H](n2cnc3c(=O)[nH]c(N)nc32)C[C@@H]1O. The summed E-state index contributed by atoms with van der Waals surface area (Å²) < 4.78 is 1.77. The lowest BCUT2D eigenvalue weighted by Crippen LogP contribution is -2.23. The first-order valence-corrected chi connectivity index (χ1v) is 6.33. The number of aliphatic hydroxyl groups excluding tert-OH is 1. The van der Waals surface area contributed by atoms with E-state index in [1.807, 2.05) is 6.92 Å². The van der Waals surface area contributed by atoms with Gasteiger partial charge in [-0.3, -0.25) is 9.78 Å². The first-order chi connectivity index (χ1) is 9.44. The molecule has 7 nitrogen and oxygen atoms in total. The molecule has 2 aromatic heterocycles. The molecule has 2 aromatic rings. The number of aromatic amines is 1. The lowest BCUT2D eigenvalue weighted by molar-refractivity contribution is 0.104. The van der Waals surface area contributed by atoms with Crippen molar-refractivity contribution < 1.29 is 5.11 Å². The second kappa shape index (κ2) is 4.08. The molecule has 20 heavy (non-hydrogen) atoms. The maximum Gasteiger partial charge on any atom is 0.280 e. The minimum atomic E-state index is -0.589. The van der Waals surface area contributed by atoms with Crippen molar-refractivity contribution in [1.82, 2.24) is 19.5 Å². The van der Waals surface area contributed by atoms with E-state index >= 15 is 0 Å². The average molecular weight is 273 g/mol. The van der Waals surface area contributed by atoms with Crippen LogP contribution in [0, 0.1) is 17.8 Å². The molecule has 4 N–H and O–H groups in total. The van der Waals surface area contributed by atoms with Crippen LogP contribution < -0.4 is 11.3 Å². The van der Waals surface area contributed by atoms with Gasteiger partial charge in [-0.2, -0.15) is 4.98 Å². The fraction of sp³-hybridized carbons (Fsp3) is 0.462. The Labute approximate surface area is 114 Å². The predicted octanol–water partition coefficient (Wildman–Crippen LogP) is 0.0371. The zero-order valence-electron chi connectivity index (χ0n) is 11.0. The van der Waals surface area contributed by atoms with E-state index in [2.05, 4.69) is 20.9 Å². The summed E-state index contributed by atoms with van der Waals surface area (Å²) in [7, 11) is 0. The second-order valence-corrected chi connectivity index (χ2v) is 5.45. The summed E-state index contributed by atoms with van der Waals surface area (Å²) in [5.41, 5.74) is 5.28. The van der Waals surface area contributed by atoms with Crippen LogP contribution in [0.5, 0.6) is 0 Å². The molecule has 104 valence electrons. The minimum Gasteiger partial charge on any atom is -0.391 e. The number of terminal acetylenes is 1. The Balaban J connectivity index is 2.09. The Bertz CT molecular complexity index is 771. The van der Waals surface area contributed by atoms with Crippen LogP contribution >= 0.6 is 0 Å². The zero-order valence-corrected chi connectivity index (χ0v) is 11.0. The van der Waals surface area contributed by atoms with Crippen molar-refractivity contribution in [2.24, 2.45) is 5.41 Å². The zero-order chi connectivity index (χ0) is 14.5. The number of fused-ring (bicyclic) bond motifs is 1. The van der Waals surface area contributed by atoms with Crippen molar-refractivity contribution in [3.8, 4) is 12.3 Å². The summed E-state index contributed by atoms with van der Waals surface area (Å²) in [5, 5.41) is 10.1. The molecule has 0 spiro atoms. The Kier molecular flexibility index (Phi) is 2.59. The molecule has 3 rings (SSSR count). The van der Waals surface area contributed by atoms with E-state index in [4.69, 9.17) is 12.2 Å². The smallest absolute Gasteiger partial charge is 0.280 e. The second-order valence-electron chi connectivity index (χ2n) is 5.45. The molecule has 0 radical (unpaired) electrons. The number of nitrogens with zero attached hydrogens (tertiary/aromatic N) is 3. The summed E-state index contributed by atoms with van der Waals surface area (Å²) in [6, 6.07) is -0.0512. The van der Waals surface area contributed by atoms with Crippen molar-refractivity contribution in [3.05, 3.63) is 16.7 Å². The molecule has 0 aliphatic heterocycles. The Morgan fingerprint density at radius 3 is 3.10 bits per heavy atom. The number of rotatable bonds is 1. The number of nitrogens with two attached hydrogens (primary N) is 1. The van der Waals surface area contributed by atoms with Gasteiger partial charge < -0.3 is 15.4 Å². The van der Waals surface area contributed by atoms with Gasteiger partial charge in [-0.15, -0.1) is 6.42 Å². The highest BCUT2D eigenvalue weighted by molar-refractivity contribution is 5.70. The van der Waals surface area contributed by atoms with Crippen LogP contribution in [0.3, 0.4) is 0 Å². The van der Waals surface area contributed by atoms with Gasteiger partial charge in [0.05, 0.1) is 17.8 Å². The summed E-state index contributed by atoms with van der Waals surface area (Å²) in [6.45, 7) is 1.85. The number of nitrogen functional groups attached to an aromatic ring is 1. The topological polar surface area (TPSA) is 110 Å². The first kappa shape index (κ1) is 12.7. The molecule has 2 heterocycles. The van der Waals surface area contributed by atoms with Crippen molar-refractivity contribution >= 4 is 17.1 Å². The molecular formula is C13H15N5O2. The molecule has 1 saturated carbocycles. The molecule has 7 heteroatoms. The number of aromatic nitrogens is 4. The third-order valence-electron chi connectivity index (χ3n) is 4.06. The maximum atomic E-state index is 11.7. The number of nitrogens with one attached hydrogen (secondary N) is 1. The molecule has 0 saturated heterocycles. The number of anilines is 1. The monoisotopic (exact) mass is 273 g/mol. The van der Waals surface area contributed by atoms with Gasteiger partial charge in [-0.1, -0.05) is 5.92 Å². The van der Waals surface area contributed by atoms with Crippen molar-refractivity contribution in [2.75, 3.05) is 5.73 Å². The molecule has 0 aromatic carbocycles. The molecule has 0 bridgehead atoms. The van der Waals surface area contributed by atoms with Gasteiger partial charge in [0.25, 0.3) is 5.56 Å². The normalized spacial score (nSPS) is 29.6. The average Bonchev–Trinajstić information content (AvgIpc) is 2.92. The standard InChI is InChI=1S/C13H15N5O2/c1-3-13(2)5-7(4-8(13)19)18-6-15-9-10(18)16-12(14)17-11(9)20/h1,6-8,19H,4-5H2,2H3,(H3,14,16,17,20)/t7-,8-,13+/m0/s1. The number of H-pyrrole nitrogens is 1. The summed E-state index contributed by atoms with van der Waals surface area (Å²) in [4.78, 5) is 22.3. The van der Waals surface area contributed by atoms with E-state index in [9.17, 15) is 9.90 Å². The van der Waals surface area contributed by atoms with Crippen LogP contribution in [0.25, 0.3) is 11.2 Å². The van der Waals surface area contributed by atoms with Crippen molar-refractivity contribution in [3.63, 3.8) is 0 Å². The highest BCUT2D eigenvalue weighted by atomic mass is 16.3. The van der Waals surface area contributed by atoms with E-state index in [1.54, 1.807) is 10.9 Å². The maximum absolute atomic E-state index is 11.7. The molecule has 1 fully saturated rings. The molecule has 1 aliphatic carbocycles. The van der Waals surface area contributed by atoms with Gasteiger partial charge in [0, 0.05) is 6.04 Å². The summed E-state index contributed by atoms with van der Waals surface area (Å²) in [5.74, 6) is 2.70. The van der Waals surface area contributed by atoms with Gasteiger partial charge in [0.15, 0.2) is 11.2 Å². The summed E-state index contributed by atoms with van der Waals surface area (Å²) >= 11 is 0. The van der Waals surface area contributed by atoms with E-state index in [0.29, 0.717) is 18.5 Å². The fourth-order valence-electron chi connectivity index (χ4n) is 2.80. The van der Waals surface area contributed by atoms with Crippen LogP contribution in [0.15, 0.2) is 11.1 Å². The van der Waals surface area contributed by atoms with Gasteiger partial charge in [0.2, 0.25) is 5.95 Å². The quantitative estimate of drug-likeness (QED) is 0.635. The highest BCUT2D eigenvalue weighted by Gasteiger charge is 2.43. The van der Waals surface area contributed by atoms with Crippen LogP contribution in [-0.2, 0) is 0 Å². The largest absolute Gasteiger partial charge is 0.391 e. The number of hydrogen-bond donors (Lipinski definition) is 3. The summed E-state index contributed by atoms with van der Waals surface area (Å²) in [6.07, 6.45) is 7.57. The van der Waals surface area contributed by atoms with Crippen molar-refractivity contribution in [1.29, 1.82) is 0 Å². The van der Waals surface area contributed by atoms with Gasteiger partial charge in [-0.25, -0.2) is 4.98 Å². The molecule has 0 amide bonds. The molecule has 1 aliphatic rings. The number of aliphatic hydroxyl groups is 1. The van der Waals surface area contributed by atoms with Crippen LogP contribution in [0.1, 0.15) is 25.8 Å².